The number of phenolic OH excluding ortho intramolecular Hbond substituents is 1. The highest BCUT2D eigenvalue weighted by atomic mass is 16.5. The Labute approximate surface area is 164 Å². The van der Waals surface area contributed by atoms with E-state index in [2.05, 4.69) is 10.1 Å². The van der Waals surface area contributed by atoms with Crippen LogP contribution in [-0.4, -0.2) is 15.2 Å². The van der Waals surface area contributed by atoms with Crippen molar-refractivity contribution in [1.82, 2.24) is 10.1 Å². The highest BCUT2D eigenvalue weighted by molar-refractivity contribution is 5.61. The van der Waals surface area contributed by atoms with Crippen molar-refractivity contribution in [3.05, 3.63) is 78.4 Å². The van der Waals surface area contributed by atoms with Crippen LogP contribution in [0.3, 0.4) is 0 Å². The van der Waals surface area contributed by atoms with Gasteiger partial charge in [-0.3, -0.25) is 0 Å². The predicted octanol–water partition coefficient (Wildman–Crippen LogP) is 6.24. The average Bonchev–Trinajstić information content (AvgIpc) is 3.21. The van der Waals surface area contributed by atoms with Crippen LogP contribution in [0.4, 0.5) is 0 Å². The fourth-order valence-electron chi connectivity index (χ4n) is 2.55. The summed E-state index contributed by atoms with van der Waals surface area (Å²) in [5.41, 5.74) is 2.73. The van der Waals surface area contributed by atoms with Crippen molar-refractivity contribution in [2.45, 2.75) is 20.8 Å². The van der Waals surface area contributed by atoms with Crippen molar-refractivity contribution in [1.29, 1.82) is 0 Å². The molecule has 0 saturated heterocycles. The number of benzene rings is 3. The van der Waals surface area contributed by atoms with Gasteiger partial charge in [-0.25, -0.2) is 0 Å². The van der Waals surface area contributed by atoms with Crippen LogP contribution in [-0.2, 0) is 0 Å². The molecule has 0 radical (unpaired) electrons. The summed E-state index contributed by atoms with van der Waals surface area (Å²) < 4.78 is 11.2. The number of phenols is 1. The lowest BCUT2D eigenvalue weighted by atomic mass is 10.2. The number of rotatable bonds is 4. The quantitative estimate of drug-likeness (QED) is 0.458. The van der Waals surface area contributed by atoms with Crippen molar-refractivity contribution in [2.75, 3.05) is 0 Å². The van der Waals surface area contributed by atoms with Gasteiger partial charge < -0.3 is 14.4 Å². The van der Waals surface area contributed by atoms with Gasteiger partial charge in [-0.15, -0.1) is 0 Å². The number of ether oxygens (including phenoxy) is 1. The summed E-state index contributed by atoms with van der Waals surface area (Å²) in [6, 6.07) is 22.0. The summed E-state index contributed by atoms with van der Waals surface area (Å²) >= 11 is 0. The molecule has 0 amide bonds. The van der Waals surface area contributed by atoms with Gasteiger partial charge in [-0.2, -0.15) is 4.98 Å². The molecule has 142 valence electrons. The number of hydrogen-bond acceptors (Lipinski definition) is 5. The summed E-state index contributed by atoms with van der Waals surface area (Å²) in [6.45, 7) is 6.03. The molecule has 0 fully saturated rings. The smallest absolute Gasteiger partial charge is 0.258 e. The molecular weight excluding hydrogens is 352 g/mol. The van der Waals surface area contributed by atoms with E-state index in [9.17, 15) is 5.11 Å². The fraction of sp³-hybridized carbons (Fsp3) is 0.130. The molecule has 1 heterocycles. The van der Waals surface area contributed by atoms with E-state index in [1.807, 2.05) is 69.3 Å². The Balaban J connectivity index is 0.00000109. The van der Waals surface area contributed by atoms with E-state index in [1.165, 1.54) is 0 Å². The zero-order valence-electron chi connectivity index (χ0n) is 16.1. The van der Waals surface area contributed by atoms with Gasteiger partial charge in [-0.1, -0.05) is 31.1 Å². The van der Waals surface area contributed by atoms with Crippen LogP contribution in [0.2, 0.25) is 0 Å². The summed E-state index contributed by atoms with van der Waals surface area (Å²) in [5.74, 6) is 2.63. The van der Waals surface area contributed by atoms with Crippen LogP contribution < -0.4 is 4.74 Å². The highest BCUT2D eigenvalue weighted by Gasteiger charge is 2.11. The molecule has 0 atom stereocenters. The average molecular weight is 374 g/mol. The Kier molecular flexibility index (Phi) is 6.07. The number of hydrogen-bond donors (Lipinski definition) is 1. The zero-order chi connectivity index (χ0) is 19.9. The second kappa shape index (κ2) is 8.86. The Morgan fingerprint density at radius 2 is 1.50 bits per heavy atom. The third-order valence-electron chi connectivity index (χ3n) is 3.88. The third-order valence-corrected chi connectivity index (χ3v) is 3.88. The van der Waals surface area contributed by atoms with E-state index >= 15 is 0 Å². The molecule has 0 aliphatic carbocycles. The van der Waals surface area contributed by atoms with Crippen LogP contribution in [0.5, 0.6) is 17.2 Å². The molecule has 1 aromatic heterocycles. The van der Waals surface area contributed by atoms with Gasteiger partial charge in [0.2, 0.25) is 5.82 Å². The number of aromatic hydroxyl groups is 1. The van der Waals surface area contributed by atoms with Gasteiger partial charge >= 0.3 is 0 Å². The van der Waals surface area contributed by atoms with Crippen molar-refractivity contribution in [3.63, 3.8) is 0 Å². The summed E-state index contributed by atoms with van der Waals surface area (Å²) in [5, 5.41) is 13.4. The maximum atomic E-state index is 9.36. The lowest BCUT2D eigenvalue weighted by molar-refractivity contribution is 0.432. The molecule has 3 aromatic carbocycles. The molecule has 5 nitrogen and oxygen atoms in total. The topological polar surface area (TPSA) is 68.4 Å². The monoisotopic (exact) mass is 374 g/mol. The molecule has 0 spiro atoms. The minimum atomic E-state index is 0.192. The molecule has 0 bridgehead atoms. The van der Waals surface area contributed by atoms with Crippen molar-refractivity contribution < 1.29 is 14.4 Å². The van der Waals surface area contributed by atoms with Crippen molar-refractivity contribution >= 4 is 0 Å². The molecule has 0 aliphatic heterocycles. The molecule has 5 heteroatoms. The van der Waals surface area contributed by atoms with E-state index in [-0.39, 0.29) is 5.75 Å². The molecule has 1 N–H and O–H groups in total. The molecule has 4 rings (SSSR count). The fourth-order valence-corrected chi connectivity index (χ4v) is 2.55. The van der Waals surface area contributed by atoms with Crippen molar-refractivity contribution in [2.24, 2.45) is 0 Å². The first kappa shape index (κ1) is 19.2. The largest absolute Gasteiger partial charge is 0.508 e. The second-order valence-corrected chi connectivity index (χ2v) is 5.91. The first-order valence-corrected chi connectivity index (χ1v) is 9.15. The van der Waals surface area contributed by atoms with Gasteiger partial charge in [0, 0.05) is 11.1 Å². The lowest BCUT2D eigenvalue weighted by Gasteiger charge is -2.06. The Morgan fingerprint density at radius 1 is 0.821 bits per heavy atom. The normalized spacial score (nSPS) is 10.1. The van der Waals surface area contributed by atoms with Gasteiger partial charge in [-0.05, 0) is 73.2 Å². The van der Waals surface area contributed by atoms with E-state index in [1.54, 1.807) is 24.3 Å². The van der Waals surface area contributed by atoms with E-state index < -0.39 is 0 Å². The predicted molar refractivity (Wildman–Crippen MR) is 109 cm³/mol. The number of aryl methyl sites for hydroxylation is 1. The lowest BCUT2D eigenvalue weighted by Crippen LogP contribution is -1.86. The van der Waals surface area contributed by atoms with Gasteiger partial charge in [0.15, 0.2) is 0 Å². The molecular formula is C23H22N2O3. The molecule has 28 heavy (non-hydrogen) atoms. The van der Waals surface area contributed by atoms with Crippen LogP contribution in [0.15, 0.2) is 77.3 Å². The highest BCUT2D eigenvalue weighted by Crippen LogP contribution is 2.27. The van der Waals surface area contributed by atoms with E-state index in [0.29, 0.717) is 11.7 Å². The molecule has 0 saturated carbocycles. The summed E-state index contributed by atoms with van der Waals surface area (Å²) in [7, 11) is 0. The molecule has 0 unspecified atom stereocenters. The van der Waals surface area contributed by atoms with Crippen LogP contribution >= 0.6 is 0 Å². The third kappa shape index (κ3) is 4.57. The minimum Gasteiger partial charge on any atom is -0.508 e. The first-order chi connectivity index (χ1) is 13.7. The van der Waals surface area contributed by atoms with E-state index in [4.69, 9.17) is 9.26 Å². The van der Waals surface area contributed by atoms with Crippen LogP contribution in [0, 0.1) is 6.92 Å². The SMILES string of the molecule is CC.Cc1cccc(Oc2ccc(-c3noc(-c4ccc(O)cc4)n3)cc2)c1. The Morgan fingerprint density at radius 3 is 2.18 bits per heavy atom. The van der Waals surface area contributed by atoms with Gasteiger partial charge in [0.05, 0.1) is 0 Å². The maximum absolute atomic E-state index is 9.36. The Hall–Kier alpha value is -3.60. The van der Waals surface area contributed by atoms with Crippen LogP contribution in [0.1, 0.15) is 19.4 Å². The molecule has 4 aromatic rings. The molecule has 0 aliphatic rings. The van der Waals surface area contributed by atoms with Gasteiger partial charge in [0.1, 0.15) is 17.2 Å². The number of aromatic nitrogens is 2. The summed E-state index contributed by atoms with van der Waals surface area (Å²) in [6.07, 6.45) is 0. The zero-order valence-corrected chi connectivity index (χ0v) is 16.1. The van der Waals surface area contributed by atoms with Crippen molar-refractivity contribution in [3.8, 4) is 40.1 Å². The standard InChI is InChI=1S/C21H16N2O3.C2H6/c1-14-3-2-4-19(13-14)25-18-11-7-15(8-12-18)20-22-21(26-23-20)16-5-9-17(24)10-6-16;1-2/h2-13,24H,1H3;1-2H3. The summed E-state index contributed by atoms with van der Waals surface area (Å²) in [4.78, 5) is 4.41. The van der Waals surface area contributed by atoms with Crippen LogP contribution in [0.25, 0.3) is 22.8 Å². The first-order valence-electron chi connectivity index (χ1n) is 9.15. The van der Waals surface area contributed by atoms with Gasteiger partial charge in [0.25, 0.3) is 5.89 Å². The minimum absolute atomic E-state index is 0.192. The Bertz CT molecular complexity index is 1020. The van der Waals surface area contributed by atoms with E-state index in [0.717, 1.165) is 28.2 Å². The number of nitrogens with zero attached hydrogens (tertiary/aromatic N) is 2. The maximum Gasteiger partial charge on any atom is 0.258 e. The second-order valence-electron chi connectivity index (χ2n) is 5.91.